The van der Waals surface area contributed by atoms with E-state index in [1.54, 1.807) is 30.7 Å². The Hall–Kier alpha value is -3.12. The van der Waals surface area contributed by atoms with Crippen molar-refractivity contribution in [2.75, 3.05) is 0 Å². The first kappa shape index (κ1) is 17.3. The maximum atomic E-state index is 13.4. The highest BCUT2D eigenvalue weighted by Gasteiger charge is 2.23. The Bertz CT molecular complexity index is 1110. The minimum Gasteiger partial charge on any atom is -0.388 e. The molecule has 0 spiro atoms. The van der Waals surface area contributed by atoms with Crippen LogP contribution in [0.25, 0.3) is 33.4 Å². The summed E-state index contributed by atoms with van der Waals surface area (Å²) in [7, 11) is 0. The molecule has 0 fully saturated rings. The number of fused-ring (bicyclic) bond motifs is 1. The summed E-state index contributed by atoms with van der Waals surface area (Å²) in [6.45, 7) is 3.89. The van der Waals surface area contributed by atoms with Gasteiger partial charge in [0.15, 0.2) is 5.65 Å². The van der Waals surface area contributed by atoms with Crippen LogP contribution in [0.3, 0.4) is 0 Å². The van der Waals surface area contributed by atoms with Gasteiger partial charge in [-0.25, -0.2) is 9.37 Å². The Kier molecular flexibility index (Phi) is 4.41. The number of rotatable bonds is 4. The number of pyridine rings is 2. The van der Waals surface area contributed by atoms with Gasteiger partial charge in [0.05, 0.1) is 18.0 Å². The largest absolute Gasteiger partial charge is 0.388 e. The number of aliphatic hydroxyl groups is 1. The fourth-order valence-electron chi connectivity index (χ4n) is 3.34. The molecule has 1 aromatic carbocycles. The summed E-state index contributed by atoms with van der Waals surface area (Å²) in [5.74, 6) is -0.318. The number of halogens is 1. The molecule has 0 aliphatic heterocycles. The Morgan fingerprint density at radius 3 is 2.59 bits per heavy atom. The van der Waals surface area contributed by atoms with Gasteiger partial charge < -0.3 is 5.11 Å². The highest BCUT2D eigenvalue weighted by Crippen LogP contribution is 2.40. The SMILES string of the molecule is CCC(O)c1c(-c2ccc(F)cc2)nc2[nH]ncc2c1-c1cncc(C)c1. The lowest BCUT2D eigenvalue weighted by atomic mass is 9.90. The summed E-state index contributed by atoms with van der Waals surface area (Å²) >= 11 is 0. The van der Waals surface area contributed by atoms with Gasteiger partial charge in [0.25, 0.3) is 0 Å². The monoisotopic (exact) mass is 362 g/mol. The zero-order chi connectivity index (χ0) is 19.0. The van der Waals surface area contributed by atoms with Crippen molar-refractivity contribution in [1.29, 1.82) is 0 Å². The Morgan fingerprint density at radius 1 is 1.11 bits per heavy atom. The average Bonchev–Trinajstić information content (AvgIpc) is 3.15. The average molecular weight is 362 g/mol. The topological polar surface area (TPSA) is 74.7 Å². The summed E-state index contributed by atoms with van der Waals surface area (Å²) in [4.78, 5) is 9.00. The van der Waals surface area contributed by atoms with Crippen LogP contribution in [0.4, 0.5) is 4.39 Å². The van der Waals surface area contributed by atoms with Crippen molar-refractivity contribution in [3.05, 3.63) is 65.9 Å². The van der Waals surface area contributed by atoms with Crippen LogP contribution in [-0.4, -0.2) is 25.3 Å². The first-order chi connectivity index (χ1) is 13.1. The van der Waals surface area contributed by atoms with Gasteiger partial charge in [-0.3, -0.25) is 10.1 Å². The van der Waals surface area contributed by atoms with Gasteiger partial charge in [0.1, 0.15) is 5.82 Å². The van der Waals surface area contributed by atoms with Crippen molar-refractivity contribution in [2.45, 2.75) is 26.4 Å². The summed E-state index contributed by atoms with van der Waals surface area (Å²) in [6, 6.07) is 8.15. The molecule has 5 nitrogen and oxygen atoms in total. The third-order valence-corrected chi connectivity index (χ3v) is 4.64. The minimum atomic E-state index is -0.729. The number of H-pyrrole nitrogens is 1. The minimum absolute atomic E-state index is 0.318. The van der Waals surface area contributed by atoms with Crippen LogP contribution in [-0.2, 0) is 0 Å². The maximum absolute atomic E-state index is 13.4. The smallest absolute Gasteiger partial charge is 0.156 e. The number of hydrogen-bond donors (Lipinski definition) is 2. The van der Waals surface area contributed by atoms with Crippen molar-refractivity contribution in [3.8, 4) is 22.4 Å². The van der Waals surface area contributed by atoms with Gasteiger partial charge in [0, 0.05) is 40.0 Å². The molecular formula is C21H19FN4O. The number of nitrogens with one attached hydrogen (secondary N) is 1. The van der Waals surface area contributed by atoms with Crippen molar-refractivity contribution in [3.63, 3.8) is 0 Å². The van der Waals surface area contributed by atoms with E-state index < -0.39 is 6.10 Å². The predicted molar refractivity (Wildman–Crippen MR) is 103 cm³/mol. The number of aromatic amines is 1. The van der Waals surface area contributed by atoms with Crippen LogP contribution in [0.2, 0.25) is 0 Å². The number of aromatic nitrogens is 4. The second-order valence-corrected chi connectivity index (χ2v) is 6.56. The third-order valence-electron chi connectivity index (χ3n) is 4.64. The van der Waals surface area contributed by atoms with Crippen molar-refractivity contribution < 1.29 is 9.50 Å². The van der Waals surface area contributed by atoms with Crippen molar-refractivity contribution in [1.82, 2.24) is 20.2 Å². The lowest BCUT2D eigenvalue weighted by Crippen LogP contribution is -2.05. The molecule has 0 amide bonds. The Morgan fingerprint density at radius 2 is 1.89 bits per heavy atom. The lowest BCUT2D eigenvalue weighted by Gasteiger charge is -2.19. The van der Waals surface area contributed by atoms with E-state index in [2.05, 4.69) is 15.2 Å². The molecule has 3 aromatic heterocycles. The number of aryl methyl sites for hydroxylation is 1. The van der Waals surface area contributed by atoms with E-state index in [0.29, 0.717) is 23.3 Å². The maximum Gasteiger partial charge on any atom is 0.156 e. The number of aliphatic hydroxyl groups excluding tert-OH is 1. The Labute approximate surface area is 155 Å². The molecule has 136 valence electrons. The quantitative estimate of drug-likeness (QED) is 0.557. The van der Waals surface area contributed by atoms with Gasteiger partial charge in [-0.1, -0.05) is 6.92 Å². The van der Waals surface area contributed by atoms with Gasteiger partial charge in [-0.15, -0.1) is 0 Å². The van der Waals surface area contributed by atoms with Crippen LogP contribution in [0.1, 0.15) is 30.6 Å². The van der Waals surface area contributed by atoms with E-state index in [9.17, 15) is 9.50 Å². The standard InChI is InChI=1S/C21H19FN4O/c1-3-17(27)19-18(14-8-12(2)9-23-10-14)16-11-24-26-21(16)25-20(19)13-4-6-15(22)7-5-13/h4-11,17,27H,3H2,1-2H3,(H,24,25,26). The molecule has 0 aliphatic rings. The normalized spacial score (nSPS) is 12.4. The second-order valence-electron chi connectivity index (χ2n) is 6.56. The van der Waals surface area contributed by atoms with Crippen LogP contribution >= 0.6 is 0 Å². The molecule has 2 N–H and O–H groups in total. The fourth-order valence-corrected chi connectivity index (χ4v) is 3.34. The first-order valence-electron chi connectivity index (χ1n) is 8.81. The van der Waals surface area contributed by atoms with E-state index in [-0.39, 0.29) is 5.82 Å². The van der Waals surface area contributed by atoms with Crippen LogP contribution in [0.5, 0.6) is 0 Å². The second kappa shape index (κ2) is 6.89. The van der Waals surface area contributed by atoms with E-state index in [4.69, 9.17) is 4.98 Å². The zero-order valence-corrected chi connectivity index (χ0v) is 15.1. The summed E-state index contributed by atoms with van der Waals surface area (Å²) in [5, 5.41) is 18.7. The third kappa shape index (κ3) is 3.08. The molecule has 4 rings (SSSR count). The van der Waals surface area contributed by atoms with Crippen molar-refractivity contribution in [2.24, 2.45) is 0 Å². The molecule has 0 saturated heterocycles. The zero-order valence-electron chi connectivity index (χ0n) is 15.1. The molecule has 4 aromatic rings. The van der Waals surface area contributed by atoms with Crippen molar-refractivity contribution >= 4 is 11.0 Å². The Balaban J connectivity index is 2.11. The van der Waals surface area contributed by atoms with Crippen LogP contribution in [0.15, 0.2) is 48.9 Å². The summed E-state index contributed by atoms with van der Waals surface area (Å²) in [6.07, 6.45) is 5.06. The molecular weight excluding hydrogens is 343 g/mol. The van der Waals surface area contributed by atoms with Gasteiger partial charge in [0.2, 0.25) is 0 Å². The molecule has 0 aliphatic carbocycles. The van der Waals surface area contributed by atoms with E-state index >= 15 is 0 Å². The predicted octanol–water partition coefficient (Wildman–Crippen LogP) is 4.58. The molecule has 0 saturated carbocycles. The molecule has 0 radical (unpaired) electrons. The first-order valence-corrected chi connectivity index (χ1v) is 8.81. The fraction of sp³-hybridized carbons (Fsp3) is 0.190. The van der Waals surface area contributed by atoms with E-state index in [1.165, 1.54) is 12.1 Å². The van der Waals surface area contributed by atoms with Gasteiger partial charge in [-0.2, -0.15) is 5.10 Å². The summed E-state index contributed by atoms with van der Waals surface area (Å²) in [5.41, 5.74) is 5.40. The van der Waals surface area contributed by atoms with Crippen LogP contribution in [0, 0.1) is 12.7 Å². The molecule has 1 atom stereocenters. The molecule has 6 heteroatoms. The van der Waals surface area contributed by atoms with Crippen LogP contribution < -0.4 is 0 Å². The molecule has 0 bridgehead atoms. The molecule has 3 heterocycles. The number of hydrogen-bond acceptors (Lipinski definition) is 4. The number of benzene rings is 1. The van der Waals surface area contributed by atoms with Gasteiger partial charge in [-0.05, 0) is 49.2 Å². The van der Waals surface area contributed by atoms with E-state index in [0.717, 1.165) is 27.6 Å². The van der Waals surface area contributed by atoms with Gasteiger partial charge >= 0.3 is 0 Å². The summed E-state index contributed by atoms with van der Waals surface area (Å²) < 4.78 is 13.4. The molecule has 27 heavy (non-hydrogen) atoms. The highest BCUT2D eigenvalue weighted by atomic mass is 19.1. The number of nitrogens with zero attached hydrogens (tertiary/aromatic N) is 3. The van der Waals surface area contributed by atoms with E-state index in [1.807, 2.05) is 19.9 Å². The molecule has 1 unspecified atom stereocenters. The lowest BCUT2D eigenvalue weighted by molar-refractivity contribution is 0.174. The highest BCUT2D eigenvalue weighted by molar-refractivity contribution is 5.97.